The molecule has 0 radical (unpaired) electrons. The third-order valence-electron chi connectivity index (χ3n) is 3.49. The minimum Gasteiger partial charge on any atom is -0.368 e. The summed E-state index contributed by atoms with van der Waals surface area (Å²) >= 11 is 3.56. The van der Waals surface area contributed by atoms with Crippen LogP contribution in [0.25, 0.3) is 0 Å². The molecule has 1 unspecified atom stereocenters. The van der Waals surface area contributed by atoms with Gasteiger partial charge in [0.1, 0.15) is 0 Å². The predicted molar refractivity (Wildman–Crippen MR) is 77.7 cm³/mol. The van der Waals surface area contributed by atoms with Gasteiger partial charge >= 0.3 is 0 Å². The van der Waals surface area contributed by atoms with Gasteiger partial charge in [0.05, 0.1) is 0 Å². The largest absolute Gasteiger partial charge is 0.368 e. The summed E-state index contributed by atoms with van der Waals surface area (Å²) in [6, 6.07) is 9.38. The molecule has 1 N–H and O–H groups in total. The number of anilines is 1. The standard InChI is InChI=1S/C14H21BrN2/c1-16-9-8-13-6-2-3-10-17(13)14-7-4-5-12(15)11-14/h4-5,7,11,13,16H,2-3,6,8-10H2,1H3. The predicted octanol–water partition coefficient (Wildman–Crippen LogP) is 3.42. The molecule has 2 nitrogen and oxygen atoms in total. The highest BCUT2D eigenvalue weighted by molar-refractivity contribution is 9.10. The van der Waals surface area contributed by atoms with Crippen LogP contribution in [-0.2, 0) is 0 Å². The van der Waals surface area contributed by atoms with Crippen molar-refractivity contribution in [2.24, 2.45) is 0 Å². The molecular formula is C14H21BrN2. The Kier molecular flexibility index (Phi) is 4.86. The number of hydrogen-bond donors (Lipinski definition) is 1. The molecule has 0 saturated carbocycles. The highest BCUT2D eigenvalue weighted by atomic mass is 79.9. The van der Waals surface area contributed by atoms with E-state index in [4.69, 9.17) is 0 Å². The molecule has 3 heteroatoms. The summed E-state index contributed by atoms with van der Waals surface area (Å²) < 4.78 is 1.17. The average Bonchev–Trinajstić information content (AvgIpc) is 2.37. The molecule has 1 aliphatic heterocycles. The maximum atomic E-state index is 3.56. The summed E-state index contributed by atoms with van der Waals surface area (Å²) in [4.78, 5) is 2.58. The van der Waals surface area contributed by atoms with Crippen LogP contribution in [0.1, 0.15) is 25.7 Å². The monoisotopic (exact) mass is 296 g/mol. The SMILES string of the molecule is CNCCC1CCCCN1c1cccc(Br)c1. The minimum absolute atomic E-state index is 0.700. The summed E-state index contributed by atoms with van der Waals surface area (Å²) in [6.07, 6.45) is 5.26. The average molecular weight is 297 g/mol. The summed E-state index contributed by atoms with van der Waals surface area (Å²) in [5, 5.41) is 3.26. The normalized spacial score (nSPS) is 20.6. The topological polar surface area (TPSA) is 15.3 Å². The van der Waals surface area contributed by atoms with Crippen LogP contribution in [0.3, 0.4) is 0 Å². The number of hydrogen-bond acceptors (Lipinski definition) is 2. The molecule has 1 saturated heterocycles. The van der Waals surface area contributed by atoms with Crippen molar-refractivity contribution in [2.45, 2.75) is 31.7 Å². The molecule has 0 amide bonds. The second-order valence-electron chi connectivity index (χ2n) is 4.72. The lowest BCUT2D eigenvalue weighted by Gasteiger charge is -2.38. The van der Waals surface area contributed by atoms with Crippen molar-refractivity contribution >= 4 is 21.6 Å². The van der Waals surface area contributed by atoms with Crippen molar-refractivity contribution in [1.82, 2.24) is 5.32 Å². The van der Waals surface area contributed by atoms with Crippen LogP contribution in [0.4, 0.5) is 5.69 Å². The van der Waals surface area contributed by atoms with E-state index in [2.05, 4.69) is 50.4 Å². The van der Waals surface area contributed by atoms with E-state index in [-0.39, 0.29) is 0 Å². The fraction of sp³-hybridized carbons (Fsp3) is 0.571. The first-order valence-corrected chi connectivity index (χ1v) is 7.27. The summed E-state index contributed by atoms with van der Waals surface area (Å²) in [5.74, 6) is 0. The number of piperidine rings is 1. The first kappa shape index (κ1) is 12.9. The van der Waals surface area contributed by atoms with E-state index in [9.17, 15) is 0 Å². The highest BCUT2D eigenvalue weighted by Gasteiger charge is 2.21. The second kappa shape index (κ2) is 6.41. The zero-order valence-electron chi connectivity index (χ0n) is 10.5. The first-order chi connectivity index (χ1) is 8.31. The first-order valence-electron chi connectivity index (χ1n) is 6.48. The van der Waals surface area contributed by atoms with Gasteiger partial charge in [0.25, 0.3) is 0 Å². The number of halogens is 1. The van der Waals surface area contributed by atoms with Crippen LogP contribution in [-0.4, -0.2) is 26.2 Å². The number of rotatable bonds is 4. The summed E-state index contributed by atoms with van der Waals surface area (Å²) in [7, 11) is 2.03. The third-order valence-corrected chi connectivity index (χ3v) is 3.99. The smallest absolute Gasteiger partial charge is 0.0380 e. The maximum absolute atomic E-state index is 3.56. The Bertz CT molecular complexity index is 354. The van der Waals surface area contributed by atoms with Crippen molar-refractivity contribution in [3.63, 3.8) is 0 Å². The molecule has 94 valence electrons. The molecule has 0 aromatic heterocycles. The Balaban J connectivity index is 2.10. The Hall–Kier alpha value is -0.540. The molecule has 1 atom stereocenters. The van der Waals surface area contributed by atoms with Crippen molar-refractivity contribution in [2.75, 3.05) is 25.0 Å². The molecule has 17 heavy (non-hydrogen) atoms. The van der Waals surface area contributed by atoms with Crippen LogP contribution in [0.5, 0.6) is 0 Å². The molecule has 1 aliphatic rings. The fourth-order valence-corrected chi connectivity index (χ4v) is 2.99. The molecule has 2 rings (SSSR count). The van der Waals surface area contributed by atoms with Crippen LogP contribution in [0.15, 0.2) is 28.7 Å². The van der Waals surface area contributed by atoms with Gasteiger partial charge in [-0.05, 0) is 57.5 Å². The Labute approximate surface area is 113 Å². The Morgan fingerprint density at radius 2 is 2.29 bits per heavy atom. The van der Waals surface area contributed by atoms with E-state index in [1.54, 1.807) is 0 Å². The molecule has 1 heterocycles. The van der Waals surface area contributed by atoms with Gasteiger partial charge in [0, 0.05) is 22.7 Å². The van der Waals surface area contributed by atoms with Crippen molar-refractivity contribution in [3.05, 3.63) is 28.7 Å². The van der Waals surface area contributed by atoms with Crippen molar-refractivity contribution in [1.29, 1.82) is 0 Å². The molecular weight excluding hydrogens is 276 g/mol. The molecule has 1 aromatic carbocycles. The molecule has 1 fully saturated rings. The maximum Gasteiger partial charge on any atom is 0.0380 e. The van der Waals surface area contributed by atoms with E-state index in [0.29, 0.717) is 6.04 Å². The Morgan fingerprint density at radius 3 is 3.06 bits per heavy atom. The zero-order chi connectivity index (χ0) is 12.1. The van der Waals surface area contributed by atoms with Gasteiger partial charge < -0.3 is 10.2 Å². The third kappa shape index (κ3) is 3.46. The van der Waals surface area contributed by atoms with E-state index in [1.165, 1.54) is 42.4 Å². The van der Waals surface area contributed by atoms with Crippen LogP contribution < -0.4 is 10.2 Å². The van der Waals surface area contributed by atoms with Crippen LogP contribution >= 0.6 is 15.9 Å². The summed E-state index contributed by atoms with van der Waals surface area (Å²) in [5.41, 5.74) is 1.36. The van der Waals surface area contributed by atoms with Gasteiger partial charge in [-0.3, -0.25) is 0 Å². The van der Waals surface area contributed by atoms with Crippen molar-refractivity contribution < 1.29 is 0 Å². The van der Waals surface area contributed by atoms with Gasteiger partial charge in [-0.25, -0.2) is 0 Å². The summed E-state index contributed by atoms with van der Waals surface area (Å²) in [6.45, 7) is 2.31. The zero-order valence-corrected chi connectivity index (χ0v) is 12.0. The van der Waals surface area contributed by atoms with Crippen LogP contribution in [0, 0.1) is 0 Å². The second-order valence-corrected chi connectivity index (χ2v) is 5.63. The van der Waals surface area contributed by atoms with E-state index in [0.717, 1.165) is 6.54 Å². The van der Waals surface area contributed by atoms with E-state index < -0.39 is 0 Å². The fourth-order valence-electron chi connectivity index (χ4n) is 2.61. The lowest BCUT2D eigenvalue weighted by Crippen LogP contribution is -2.41. The van der Waals surface area contributed by atoms with Gasteiger partial charge in [-0.15, -0.1) is 0 Å². The Morgan fingerprint density at radius 1 is 1.41 bits per heavy atom. The van der Waals surface area contributed by atoms with E-state index in [1.807, 2.05) is 7.05 Å². The minimum atomic E-state index is 0.700. The molecule has 0 aliphatic carbocycles. The van der Waals surface area contributed by atoms with E-state index >= 15 is 0 Å². The molecule has 0 bridgehead atoms. The molecule has 0 spiro atoms. The van der Waals surface area contributed by atoms with Gasteiger partial charge in [0.2, 0.25) is 0 Å². The number of nitrogens with zero attached hydrogens (tertiary/aromatic N) is 1. The lowest BCUT2D eigenvalue weighted by molar-refractivity contribution is 0.433. The van der Waals surface area contributed by atoms with Crippen LogP contribution in [0.2, 0.25) is 0 Å². The quantitative estimate of drug-likeness (QED) is 0.916. The lowest BCUT2D eigenvalue weighted by atomic mass is 9.98. The number of nitrogens with one attached hydrogen (secondary N) is 1. The highest BCUT2D eigenvalue weighted by Crippen LogP contribution is 2.28. The van der Waals surface area contributed by atoms with Crippen molar-refractivity contribution in [3.8, 4) is 0 Å². The van der Waals surface area contributed by atoms with Gasteiger partial charge in [-0.2, -0.15) is 0 Å². The van der Waals surface area contributed by atoms with Gasteiger partial charge in [-0.1, -0.05) is 22.0 Å². The number of benzene rings is 1. The molecule has 1 aromatic rings. The van der Waals surface area contributed by atoms with Gasteiger partial charge in [0.15, 0.2) is 0 Å².